The highest BCUT2D eigenvalue weighted by Crippen LogP contribution is 2.35. The van der Waals surface area contributed by atoms with Crippen molar-refractivity contribution in [3.63, 3.8) is 0 Å². The Morgan fingerprint density at radius 2 is 1.83 bits per heavy atom. The monoisotopic (exact) mass is 314 g/mol. The molecule has 1 rings (SSSR count). The first-order chi connectivity index (χ1) is 8.04. The SMILES string of the molecule is COc1c(NS(N)(=O)=O)cc(C)cc1S(=O)(=O)Cl. The smallest absolute Gasteiger partial charge is 0.296 e. The number of anilines is 1. The number of benzene rings is 1. The molecule has 0 saturated heterocycles. The Hall–Kier alpha value is -1.03. The van der Waals surface area contributed by atoms with Crippen LogP contribution in [0.4, 0.5) is 5.69 Å². The quantitative estimate of drug-likeness (QED) is 0.787. The summed E-state index contributed by atoms with van der Waals surface area (Å²) in [5.74, 6) is -0.218. The summed E-state index contributed by atoms with van der Waals surface area (Å²) in [4.78, 5) is -0.335. The Labute approximate surface area is 109 Å². The van der Waals surface area contributed by atoms with Crippen LogP contribution in [0.25, 0.3) is 0 Å². The normalized spacial score (nSPS) is 12.2. The van der Waals surface area contributed by atoms with Crippen LogP contribution >= 0.6 is 10.7 Å². The van der Waals surface area contributed by atoms with Gasteiger partial charge in [0.25, 0.3) is 19.3 Å². The molecule has 0 aromatic heterocycles. The molecule has 10 heteroatoms. The number of hydrogen-bond acceptors (Lipinski definition) is 5. The third kappa shape index (κ3) is 3.73. The van der Waals surface area contributed by atoms with E-state index in [2.05, 4.69) is 0 Å². The highest BCUT2D eigenvalue weighted by Gasteiger charge is 2.22. The van der Waals surface area contributed by atoms with Crippen molar-refractivity contribution in [3.8, 4) is 5.75 Å². The molecule has 0 aliphatic rings. The molecule has 7 nitrogen and oxygen atoms in total. The van der Waals surface area contributed by atoms with Crippen LogP contribution in [0.2, 0.25) is 0 Å². The summed E-state index contributed by atoms with van der Waals surface area (Å²) in [5, 5.41) is 4.82. The van der Waals surface area contributed by atoms with E-state index in [9.17, 15) is 16.8 Å². The van der Waals surface area contributed by atoms with E-state index in [1.165, 1.54) is 19.2 Å². The average molecular weight is 315 g/mol. The van der Waals surface area contributed by atoms with Crippen LogP contribution in [0.3, 0.4) is 0 Å². The van der Waals surface area contributed by atoms with Crippen molar-refractivity contribution in [2.75, 3.05) is 11.8 Å². The van der Waals surface area contributed by atoms with E-state index in [1.54, 1.807) is 6.92 Å². The summed E-state index contributed by atoms with van der Waals surface area (Å²) >= 11 is 0. The maximum Gasteiger partial charge on any atom is 0.296 e. The van der Waals surface area contributed by atoms with Crippen LogP contribution in [0.15, 0.2) is 17.0 Å². The highest BCUT2D eigenvalue weighted by atomic mass is 35.7. The van der Waals surface area contributed by atoms with Crippen molar-refractivity contribution < 1.29 is 21.6 Å². The van der Waals surface area contributed by atoms with Crippen molar-refractivity contribution in [1.82, 2.24) is 0 Å². The van der Waals surface area contributed by atoms with E-state index >= 15 is 0 Å². The maximum absolute atomic E-state index is 11.4. The van der Waals surface area contributed by atoms with E-state index in [1.807, 2.05) is 4.72 Å². The van der Waals surface area contributed by atoms with E-state index in [-0.39, 0.29) is 16.3 Å². The third-order valence-corrected chi connectivity index (χ3v) is 3.75. The molecule has 0 spiro atoms. The predicted molar refractivity (Wildman–Crippen MR) is 67.5 cm³/mol. The van der Waals surface area contributed by atoms with Crippen LogP contribution in [-0.2, 0) is 19.3 Å². The predicted octanol–water partition coefficient (Wildman–Crippen LogP) is 0.547. The summed E-state index contributed by atoms with van der Waals surface area (Å²) < 4.78 is 51.5. The minimum absolute atomic E-state index is 0.0979. The summed E-state index contributed by atoms with van der Waals surface area (Å²) in [7, 11) is -1.70. The summed E-state index contributed by atoms with van der Waals surface area (Å²) in [6.07, 6.45) is 0. The zero-order valence-corrected chi connectivity index (χ0v) is 11.9. The molecule has 0 radical (unpaired) electrons. The third-order valence-electron chi connectivity index (χ3n) is 1.92. The first-order valence-corrected chi connectivity index (χ1v) is 8.34. The number of nitrogens with one attached hydrogen (secondary N) is 1. The second-order valence-electron chi connectivity index (χ2n) is 3.43. The van der Waals surface area contributed by atoms with Gasteiger partial charge in [-0.05, 0) is 24.6 Å². The lowest BCUT2D eigenvalue weighted by Gasteiger charge is -2.13. The fourth-order valence-corrected chi connectivity index (χ4v) is 2.90. The fraction of sp³-hybridized carbons (Fsp3) is 0.250. The molecule has 0 unspecified atom stereocenters. The summed E-state index contributed by atoms with van der Waals surface area (Å²) in [5.41, 5.74) is 0.375. The average Bonchev–Trinajstić information content (AvgIpc) is 2.12. The molecule has 102 valence electrons. The molecular formula is C8H11ClN2O5S2. The van der Waals surface area contributed by atoms with Crippen molar-refractivity contribution >= 4 is 35.6 Å². The highest BCUT2D eigenvalue weighted by molar-refractivity contribution is 8.13. The molecule has 3 N–H and O–H groups in total. The Morgan fingerprint density at radius 1 is 1.28 bits per heavy atom. The second-order valence-corrected chi connectivity index (χ2v) is 7.26. The molecular weight excluding hydrogens is 304 g/mol. The molecule has 0 atom stereocenters. The fourth-order valence-electron chi connectivity index (χ4n) is 1.36. The van der Waals surface area contributed by atoms with Gasteiger partial charge in [0, 0.05) is 10.7 Å². The maximum atomic E-state index is 11.4. The molecule has 0 bridgehead atoms. The minimum atomic E-state index is -4.07. The number of methoxy groups -OCH3 is 1. The second kappa shape index (κ2) is 4.92. The Balaban J connectivity index is 3.58. The van der Waals surface area contributed by atoms with Gasteiger partial charge < -0.3 is 4.74 Å². The van der Waals surface area contributed by atoms with Crippen LogP contribution in [0, 0.1) is 6.92 Å². The standard InChI is InChI=1S/C8H11ClN2O5S2/c1-5-3-6(11-18(10,14)15)8(16-2)7(4-5)17(9,12)13/h3-4,11H,1-2H3,(H2,10,14,15). The first-order valence-electron chi connectivity index (χ1n) is 4.48. The van der Waals surface area contributed by atoms with Gasteiger partial charge in [0.15, 0.2) is 5.75 Å². The number of ether oxygens (including phenoxy) is 1. The molecule has 0 amide bonds. The molecule has 18 heavy (non-hydrogen) atoms. The lowest BCUT2D eigenvalue weighted by Crippen LogP contribution is -2.22. The van der Waals surface area contributed by atoms with Gasteiger partial charge in [0.05, 0.1) is 12.8 Å². The van der Waals surface area contributed by atoms with E-state index in [0.29, 0.717) is 5.56 Å². The first kappa shape index (κ1) is 15.0. The largest absolute Gasteiger partial charge is 0.493 e. The van der Waals surface area contributed by atoms with Gasteiger partial charge in [-0.3, -0.25) is 4.72 Å². The van der Waals surface area contributed by atoms with Crippen LogP contribution < -0.4 is 14.6 Å². The van der Waals surface area contributed by atoms with Crippen LogP contribution in [0.1, 0.15) is 5.56 Å². The number of halogens is 1. The molecule has 0 fully saturated rings. The number of rotatable bonds is 4. The van der Waals surface area contributed by atoms with Crippen molar-refractivity contribution in [3.05, 3.63) is 17.7 Å². The zero-order chi connectivity index (χ0) is 14.1. The molecule has 0 aliphatic carbocycles. The summed E-state index contributed by atoms with van der Waals surface area (Å²) in [6.45, 7) is 1.57. The number of aryl methyl sites for hydroxylation is 1. The van der Waals surface area contributed by atoms with Gasteiger partial charge in [-0.25, -0.2) is 13.6 Å². The lowest BCUT2D eigenvalue weighted by atomic mass is 10.2. The van der Waals surface area contributed by atoms with Gasteiger partial charge in [0.2, 0.25) is 0 Å². The Kier molecular flexibility index (Phi) is 4.11. The zero-order valence-electron chi connectivity index (χ0n) is 9.47. The summed E-state index contributed by atoms with van der Waals surface area (Å²) in [6, 6.07) is 2.63. The van der Waals surface area contributed by atoms with Gasteiger partial charge in [-0.2, -0.15) is 8.42 Å². The molecule has 0 heterocycles. The van der Waals surface area contributed by atoms with Crippen LogP contribution in [0.5, 0.6) is 5.75 Å². The Bertz CT molecular complexity index is 669. The molecule has 0 aliphatic heterocycles. The number of hydrogen-bond donors (Lipinski definition) is 2. The van der Waals surface area contributed by atoms with Crippen LogP contribution in [-0.4, -0.2) is 23.9 Å². The van der Waals surface area contributed by atoms with Crippen molar-refractivity contribution in [2.24, 2.45) is 5.14 Å². The molecule has 1 aromatic carbocycles. The van der Waals surface area contributed by atoms with E-state index in [4.69, 9.17) is 20.6 Å². The number of nitrogens with two attached hydrogens (primary N) is 1. The molecule has 0 saturated carbocycles. The Morgan fingerprint density at radius 3 is 2.22 bits per heavy atom. The van der Waals surface area contributed by atoms with Gasteiger partial charge in [-0.15, -0.1) is 0 Å². The van der Waals surface area contributed by atoms with Crippen molar-refractivity contribution in [2.45, 2.75) is 11.8 Å². The van der Waals surface area contributed by atoms with Crippen molar-refractivity contribution in [1.29, 1.82) is 0 Å². The molecule has 1 aromatic rings. The van der Waals surface area contributed by atoms with Gasteiger partial charge >= 0.3 is 0 Å². The topological polar surface area (TPSA) is 116 Å². The van der Waals surface area contributed by atoms with E-state index < -0.39 is 19.3 Å². The minimum Gasteiger partial charge on any atom is -0.493 e. The van der Waals surface area contributed by atoms with E-state index in [0.717, 1.165) is 0 Å². The van der Waals surface area contributed by atoms with Gasteiger partial charge in [0.1, 0.15) is 4.90 Å². The van der Waals surface area contributed by atoms with Gasteiger partial charge in [-0.1, -0.05) is 0 Å². The lowest BCUT2D eigenvalue weighted by molar-refractivity contribution is 0.405.